The number of rotatable bonds is 5. The standard InChI is InChI=1S/C26H23OPS/c1-20-13-16-24(17-14-20)29(27)26-19-21(2)15-18-25(26)28(22-9-5-3-6-10-22)23-11-7-4-8-12-23/h3-19H,1-2H3. The van der Waals surface area contributed by atoms with Crippen LogP contribution in [-0.4, -0.2) is 4.21 Å². The highest BCUT2D eigenvalue weighted by Gasteiger charge is 2.22. The van der Waals surface area contributed by atoms with E-state index >= 15 is 0 Å². The fourth-order valence-electron chi connectivity index (χ4n) is 3.32. The molecule has 0 heterocycles. The van der Waals surface area contributed by atoms with Crippen molar-refractivity contribution in [3.8, 4) is 0 Å². The molecule has 144 valence electrons. The van der Waals surface area contributed by atoms with Crippen LogP contribution in [0.5, 0.6) is 0 Å². The Kier molecular flexibility index (Phi) is 6.04. The molecule has 0 radical (unpaired) electrons. The predicted octanol–water partition coefficient (Wildman–Crippen LogP) is 5.23. The molecule has 0 aromatic heterocycles. The first-order chi connectivity index (χ1) is 14.1. The Labute approximate surface area is 176 Å². The maximum Gasteiger partial charge on any atom is 0.0856 e. The van der Waals surface area contributed by atoms with Gasteiger partial charge in [-0.2, -0.15) is 0 Å². The monoisotopic (exact) mass is 414 g/mol. The van der Waals surface area contributed by atoms with Crippen molar-refractivity contribution in [2.45, 2.75) is 23.6 Å². The zero-order valence-electron chi connectivity index (χ0n) is 16.6. The van der Waals surface area contributed by atoms with Crippen LogP contribution < -0.4 is 15.9 Å². The Morgan fingerprint density at radius 3 is 1.69 bits per heavy atom. The van der Waals surface area contributed by atoms with Gasteiger partial charge in [0, 0.05) is 10.2 Å². The number of hydrogen-bond acceptors (Lipinski definition) is 1. The second-order valence-corrected chi connectivity index (χ2v) is 10.7. The van der Waals surface area contributed by atoms with Crippen molar-refractivity contribution in [1.82, 2.24) is 0 Å². The highest BCUT2D eigenvalue weighted by Crippen LogP contribution is 2.36. The first-order valence-electron chi connectivity index (χ1n) is 9.63. The van der Waals surface area contributed by atoms with E-state index in [0.29, 0.717) is 0 Å². The lowest BCUT2D eigenvalue weighted by Crippen LogP contribution is -2.23. The third-order valence-electron chi connectivity index (χ3n) is 4.82. The molecule has 0 spiro atoms. The van der Waals surface area contributed by atoms with Crippen LogP contribution in [0.2, 0.25) is 0 Å². The maximum atomic E-state index is 13.6. The Bertz CT molecular complexity index is 1080. The summed E-state index contributed by atoms with van der Waals surface area (Å²) in [5.74, 6) is 0. The molecule has 1 atom stereocenters. The first-order valence-corrected chi connectivity index (χ1v) is 12.1. The summed E-state index contributed by atoms with van der Waals surface area (Å²) in [7, 11) is -2.03. The van der Waals surface area contributed by atoms with Crippen LogP contribution in [0, 0.1) is 13.8 Å². The van der Waals surface area contributed by atoms with Crippen molar-refractivity contribution in [3.05, 3.63) is 114 Å². The topological polar surface area (TPSA) is 17.1 Å². The normalized spacial score (nSPS) is 12.1. The Hall–Kier alpha value is -2.54. The molecule has 0 amide bonds. The summed E-state index contributed by atoms with van der Waals surface area (Å²) in [4.78, 5) is 1.76. The Morgan fingerprint density at radius 2 is 1.14 bits per heavy atom. The SMILES string of the molecule is Cc1ccc(S(=O)c2cc(C)ccc2P(c2ccccc2)c2ccccc2)cc1. The van der Waals surface area contributed by atoms with Gasteiger partial charge in [0.15, 0.2) is 0 Å². The summed E-state index contributed by atoms with van der Waals surface area (Å²) in [6.07, 6.45) is 0. The molecule has 29 heavy (non-hydrogen) atoms. The summed E-state index contributed by atoms with van der Waals surface area (Å²) in [5.41, 5.74) is 2.30. The highest BCUT2D eigenvalue weighted by atomic mass is 32.2. The molecule has 0 fully saturated rings. The lowest BCUT2D eigenvalue weighted by Gasteiger charge is -2.22. The summed E-state index contributed by atoms with van der Waals surface area (Å²) >= 11 is 0. The van der Waals surface area contributed by atoms with Crippen molar-refractivity contribution >= 4 is 34.6 Å². The van der Waals surface area contributed by atoms with Crippen molar-refractivity contribution in [2.75, 3.05) is 0 Å². The van der Waals surface area contributed by atoms with Gasteiger partial charge in [-0.1, -0.05) is 90.5 Å². The van der Waals surface area contributed by atoms with Crippen LogP contribution in [0.1, 0.15) is 11.1 Å². The van der Waals surface area contributed by atoms with Crippen molar-refractivity contribution in [1.29, 1.82) is 0 Å². The summed E-state index contributed by atoms with van der Waals surface area (Å²) in [5, 5.41) is 3.68. The molecule has 0 saturated carbocycles. The van der Waals surface area contributed by atoms with E-state index in [1.54, 1.807) is 0 Å². The van der Waals surface area contributed by atoms with Gasteiger partial charge in [-0.3, -0.25) is 0 Å². The van der Waals surface area contributed by atoms with Gasteiger partial charge in [0.2, 0.25) is 0 Å². The average Bonchev–Trinajstić information content (AvgIpc) is 2.76. The molecule has 0 aliphatic heterocycles. The first kappa shape index (κ1) is 19.8. The largest absolute Gasteiger partial charge is 0.249 e. The van der Waals surface area contributed by atoms with Crippen LogP contribution >= 0.6 is 7.92 Å². The Morgan fingerprint density at radius 1 is 0.621 bits per heavy atom. The molecule has 0 bridgehead atoms. The van der Waals surface area contributed by atoms with E-state index in [-0.39, 0.29) is 0 Å². The summed E-state index contributed by atoms with van der Waals surface area (Å²) < 4.78 is 13.6. The van der Waals surface area contributed by atoms with Crippen LogP contribution in [0.4, 0.5) is 0 Å². The summed E-state index contributed by atoms with van der Waals surface area (Å²) in [6, 6.07) is 35.5. The van der Waals surface area contributed by atoms with Gasteiger partial charge in [0.25, 0.3) is 0 Å². The molecule has 0 saturated heterocycles. The van der Waals surface area contributed by atoms with Crippen molar-refractivity contribution in [2.24, 2.45) is 0 Å². The van der Waals surface area contributed by atoms with E-state index in [1.165, 1.54) is 16.2 Å². The van der Waals surface area contributed by atoms with E-state index in [2.05, 4.69) is 80.6 Å². The fraction of sp³-hybridized carbons (Fsp3) is 0.0769. The lowest BCUT2D eigenvalue weighted by molar-refractivity contribution is 0.683. The number of benzene rings is 4. The fourth-order valence-corrected chi connectivity index (χ4v) is 7.34. The van der Waals surface area contributed by atoms with E-state index < -0.39 is 18.7 Å². The maximum absolute atomic E-state index is 13.6. The van der Waals surface area contributed by atoms with Crippen LogP contribution in [0.15, 0.2) is 113 Å². The second-order valence-electron chi connectivity index (χ2n) is 7.06. The van der Waals surface area contributed by atoms with Crippen molar-refractivity contribution in [3.63, 3.8) is 0 Å². The zero-order chi connectivity index (χ0) is 20.2. The van der Waals surface area contributed by atoms with Crippen LogP contribution in [-0.2, 0) is 10.8 Å². The zero-order valence-corrected chi connectivity index (χ0v) is 18.3. The third-order valence-corrected chi connectivity index (χ3v) is 8.91. The minimum Gasteiger partial charge on any atom is -0.249 e. The molecule has 4 aromatic rings. The molecular formula is C26H23OPS. The van der Waals surface area contributed by atoms with Gasteiger partial charge in [-0.25, -0.2) is 4.21 Å². The Balaban J connectivity index is 1.90. The van der Waals surface area contributed by atoms with Gasteiger partial charge < -0.3 is 0 Å². The second kappa shape index (κ2) is 8.86. The lowest BCUT2D eigenvalue weighted by atomic mass is 10.2. The van der Waals surface area contributed by atoms with Gasteiger partial charge in [-0.05, 0) is 56.1 Å². The predicted molar refractivity (Wildman–Crippen MR) is 126 cm³/mol. The molecule has 0 N–H and O–H groups in total. The molecule has 0 aliphatic rings. The quantitative estimate of drug-likeness (QED) is 0.409. The van der Waals surface area contributed by atoms with Crippen LogP contribution in [0.3, 0.4) is 0 Å². The minimum absolute atomic E-state index is 0.801. The average molecular weight is 415 g/mol. The van der Waals surface area contributed by atoms with Gasteiger partial charge in [0.1, 0.15) is 0 Å². The van der Waals surface area contributed by atoms with E-state index in [9.17, 15) is 4.21 Å². The van der Waals surface area contributed by atoms with Gasteiger partial charge in [0.05, 0.1) is 15.7 Å². The molecule has 1 nitrogen and oxygen atoms in total. The number of hydrogen-bond donors (Lipinski definition) is 0. The van der Waals surface area contributed by atoms with Crippen molar-refractivity contribution < 1.29 is 4.21 Å². The molecule has 3 heteroatoms. The molecule has 4 aromatic carbocycles. The minimum atomic E-state index is -1.23. The van der Waals surface area contributed by atoms with E-state index in [1.807, 2.05) is 36.4 Å². The van der Waals surface area contributed by atoms with Gasteiger partial charge in [-0.15, -0.1) is 0 Å². The smallest absolute Gasteiger partial charge is 0.0856 e. The third kappa shape index (κ3) is 4.40. The van der Waals surface area contributed by atoms with E-state index in [0.717, 1.165) is 20.7 Å². The van der Waals surface area contributed by atoms with E-state index in [4.69, 9.17) is 0 Å². The number of aryl methyl sites for hydroxylation is 2. The van der Waals surface area contributed by atoms with Gasteiger partial charge >= 0.3 is 0 Å². The molecular weight excluding hydrogens is 391 g/mol. The molecule has 1 unspecified atom stereocenters. The molecule has 0 aliphatic carbocycles. The highest BCUT2D eigenvalue weighted by molar-refractivity contribution is 7.87. The molecule has 4 rings (SSSR count). The summed E-state index contributed by atoms with van der Waals surface area (Å²) in [6.45, 7) is 4.11. The van der Waals surface area contributed by atoms with Crippen LogP contribution in [0.25, 0.3) is 0 Å².